The molecule has 0 fully saturated rings. The van der Waals surface area contributed by atoms with E-state index in [4.69, 9.17) is 16.6 Å². The van der Waals surface area contributed by atoms with E-state index in [1.807, 2.05) is 48.5 Å². The van der Waals surface area contributed by atoms with Gasteiger partial charge in [-0.3, -0.25) is 0 Å². The third-order valence-corrected chi connectivity index (χ3v) is 4.90. The summed E-state index contributed by atoms with van der Waals surface area (Å²) in [4.78, 5) is 8.28. The first-order chi connectivity index (χ1) is 11.8. The Hall–Kier alpha value is -2.84. The van der Waals surface area contributed by atoms with Crippen molar-refractivity contribution in [1.82, 2.24) is 9.97 Å². The van der Waals surface area contributed by atoms with Crippen LogP contribution in [0.25, 0.3) is 44.0 Å². The van der Waals surface area contributed by atoms with Gasteiger partial charge in [0.15, 0.2) is 0 Å². The maximum absolute atomic E-state index is 6.68. The number of imidazole rings is 1. The number of benzene rings is 4. The number of rotatable bonds is 1. The van der Waals surface area contributed by atoms with Gasteiger partial charge in [-0.2, -0.15) is 0 Å². The molecule has 3 heteroatoms. The fraction of sp³-hybridized carbons (Fsp3) is 0. The van der Waals surface area contributed by atoms with E-state index in [1.54, 1.807) is 0 Å². The van der Waals surface area contributed by atoms with Crippen molar-refractivity contribution >= 4 is 44.2 Å². The summed E-state index contributed by atoms with van der Waals surface area (Å²) in [6, 6.07) is 24.6. The van der Waals surface area contributed by atoms with Gasteiger partial charge >= 0.3 is 0 Å². The van der Waals surface area contributed by atoms with Crippen molar-refractivity contribution < 1.29 is 0 Å². The minimum atomic E-state index is 0.793. The van der Waals surface area contributed by atoms with Gasteiger partial charge < -0.3 is 4.98 Å². The molecule has 1 N–H and O–H groups in total. The monoisotopic (exact) mass is 328 g/mol. The van der Waals surface area contributed by atoms with Crippen LogP contribution in [0.4, 0.5) is 0 Å². The highest BCUT2D eigenvalue weighted by Gasteiger charge is 2.16. The molecule has 0 aliphatic carbocycles. The first-order valence-electron chi connectivity index (χ1n) is 7.87. The summed E-state index contributed by atoms with van der Waals surface area (Å²) < 4.78 is 0. The molecule has 1 aromatic heterocycles. The Kier molecular flexibility index (Phi) is 2.88. The van der Waals surface area contributed by atoms with Crippen LogP contribution in [0.3, 0.4) is 0 Å². The zero-order valence-corrected chi connectivity index (χ0v) is 13.5. The molecule has 0 saturated heterocycles. The predicted octanol–water partition coefficient (Wildman–Crippen LogP) is 6.19. The number of para-hydroxylation sites is 2. The van der Waals surface area contributed by atoms with E-state index in [0.717, 1.165) is 49.0 Å². The molecular weight excluding hydrogens is 316 g/mol. The van der Waals surface area contributed by atoms with E-state index in [0.29, 0.717) is 0 Å². The number of hydrogen-bond donors (Lipinski definition) is 1. The molecule has 0 radical (unpaired) electrons. The Morgan fingerprint density at radius 2 is 1.21 bits per heavy atom. The fourth-order valence-electron chi connectivity index (χ4n) is 3.40. The van der Waals surface area contributed by atoms with Gasteiger partial charge in [0, 0.05) is 16.3 Å². The van der Waals surface area contributed by atoms with Crippen LogP contribution < -0.4 is 0 Å². The number of nitrogens with one attached hydrogen (secondary N) is 1. The molecule has 0 amide bonds. The maximum Gasteiger partial charge on any atom is 0.139 e. The summed E-state index contributed by atoms with van der Waals surface area (Å²) in [6.45, 7) is 0. The Morgan fingerprint density at radius 1 is 0.667 bits per heavy atom. The van der Waals surface area contributed by atoms with Crippen LogP contribution in [0.15, 0.2) is 72.8 Å². The quantitative estimate of drug-likeness (QED) is 0.365. The number of aromatic nitrogens is 2. The Morgan fingerprint density at radius 3 is 1.83 bits per heavy atom. The molecule has 0 aliphatic rings. The lowest BCUT2D eigenvalue weighted by atomic mass is 9.96. The Bertz CT molecular complexity index is 1130. The maximum atomic E-state index is 6.68. The molecule has 0 atom stereocenters. The van der Waals surface area contributed by atoms with E-state index in [2.05, 4.69) is 29.2 Å². The number of H-pyrrole nitrogens is 1. The minimum absolute atomic E-state index is 0.793. The Labute approximate surface area is 143 Å². The molecule has 0 saturated carbocycles. The zero-order chi connectivity index (χ0) is 16.1. The van der Waals surface area contributed by atoms with Crippen molar-refractivity contribution in [2.75, 3.05) is 0 Å². The van der Waals surface area contributed by atoms with Gasteiger partial charge in [0.25, 0.3) is 0 Å². The SMILES string of the molecule is Clc1c2ccccc2c(-c2nc3ccccc3[nH]2)c2ccccc12. The average molecular weight is 329 g/mol. The first-order valence-corrected chi connectivity index (χ1v) is 8.25. The molecule has 0 unspecified atom stereocenters. The smallest absolute Gasteiger partial charge is 0.139 e. The van der Waals surface area contributed by atoms with Crippen molar-refractivity contribution in [2.45, 2.75) is 0 Å². The van der Waals surface area contributed by atoms with Crippen molar-refractivity contribution in [3.8, 4) is 11.4 Å². The van der Waals surface area contributed by atoms with Crippen molar-refractivity contribution in [3.05, 3.63) is 77.8 Å². The second-order valence-corrected chi connectivity index (χ2v) is 6.26. The third-order valence-electron chi connectivity index (χ3n) is 4.49. The van der Waals surface area contributed by atoms with Gasteiger partial charge in [-0.15, -0.1) is 0 Å². The fourth-order valence-corrected chi connectivity index (χ4v) is 3.73. The summed E-state index contributed by atoms with van der Waals surface area (Å²) in [6.07, 6.45) is 0. The van der Waals surface area contributed by atoms with Gasteiger partial charge in [0.1, 0.15) is 5.82 Å². The van der Waals surface area contributed by atoms with E-state index in [1.165, 1.54) is 0 Å². The number of halogens is 1. The van der Waals surface area contributed by atoms with Crippen LogP contribution in [0, 0.1) is 0 Å². The van der Waals surface area contributed by atoms with Gasteiger partial charge in [-0.05, 0) is 22.9 Å². The standard InChI is InChI=1S/C21H13ClN2/c22-20-15-9-3-1-7-13(15)19(14-8-2-4-10-16(14)20)21-23-17-11-5-6-12-18(17)24-21/h1-12H,(H,23,24). The van der Waals surface area contributed by atoms with E-state index in [9.17, 15) is 0 Å². The third kappa shape index (κ3) is 1.87. The van der Waals surface area contributed by atoms with E-state index < -0.39 is 0 Å². The second kappa shape index (κ2) is 5.08. The molecule has 114 valence electrons. The summed E-state index contributed by atoms with van der Waals surface area (Å²) in [7, 11) is 0. The molecule has 5 rings (SSSR count). The van der Waals surface area contributed by atoms with Gasteiger partial charge in [-0.1, -0.05) is 72.3 Å². The van der Waals surface area contributed by atoms with Crippen molar-refractivity contribution in [3.63, 3.8) is 0 Å². The van der Waals surface area contributed by atoms with Crippen LogP contribution in [-0.4, -0.2) is 9.97 Å². The summed E-state index contributed by atoms with van der Waals surface area (Å²) in [5, 5.41) is 5.11. The first kappa shape index (κ1) is 13.6. The number of aromatic amines is 1. The molecular formula is C21H13ClN2. The lowest BCUT2D eigenvalue weighted by Gasteiger charge is -2.12. The highest BCUT2D eigenvalue weighted by atomic mass is 35.5. The van der Waals surface area contributed by atoms with Gasteiger partial charge in [0.2, 0.25) is 0 Å². The number of hydrogen-bond acceptors (Lipinski definition) is 1. The van der Waals surface area contributed by atoms with Gasteiger partial charge in [-0.25, -0.2) is 4.98 Å². The average Bonchev–Trinajstić information content (AvgIpc) is 3.06. The normalized spacial score (nSPS) is 11.5. The zero-order valence-electron chi connectivity index (χ0n) is 12.8. The van der Waals surface area contributed by atoms with Crippen LogP contribution in [0.1, 0.15) is 0 Å². The van der Waals surface area contributed by atoms with E-state index >= 15 is 0 Å². The summed E-state index contributed by atoms with van der Waals surface area (Å²) >= 11 is 6.68. The lowest BCUT2D eigenvalue weighted by molar-refractivity contribution is 1.35. The molecule has 0 bridgehead atoms. The van der Waals surface area contributed by atoms with Crippen molar-refractivity contribution in [1.29, 1.82) is 0 Å². The van der Waals surface area contributed by atoms with Crippen LogP contribution >= 0.6 is 11.6 Å². The molecule has 1 heterocycles. The molecule has 0 aliphatic heterocycles. The molecule has 24 heavy (non-hydrogen) atoms. The summed E-state index contributed by atoms with van der Waals surface area (Å²) in [5.41, 5.74) is 3.10. The molecule has 5 aromatic rings. The van der Waals surface area contributed by atoms with Crippen LogP contribution in [0.2, 0.25) is 5.02 Å². The lowest BCUT2D eigenvalue weighted by Crippen LogP contribution is -1.88. The second-order valence-electron chi connectivity index (χ2n) is 5.88. The largest absolute Gasteiger partial charge is 0.338 e. The highest BCUT2D eigenvalue weighted by Crippen LogP contribution is 2.40. The highest BCUT2D eigenvalue weighted by molar-refractivity contribution is 6.42. The molecule has 2 nitrogen and oxygen atoms in total. The number of fused-ring (bicyclic) bond motifs is 3. The van der Waals surface area contributed by atoms with Crippen LogP contribution in [-0.2, 0) is 0 Å². The summed E-state index contributed by atoms with van der Waals surface area (Å²) in [5.74, 6) is 0.875. The minimum Gasteiger partial charge on any atom is -0.338 e. The molecule has 0 spiro atoms. The molecule has 4 aromatic carbocycles. The number of nitrogens with zero attached hydrogens (tertiary/aromatic N) is 1. The van der Waals surface area contributed by atoms with E-state index in [-0.39, 0.29) is 0 Å². The van der Waals surface area contributed by atoms with Crippen molar-refractivity contribution in [2.24, 2.45) is 0 Å². The predicted molar refractivity (Wildman–Crippen MR) is 102 cm³/mol. The van der Waals surface area contributed by atoms with Gasteiger partial charge in [0.05, 0.1) is 16.1 Å². The van der Waals surface area contributed by atoms with Crippen LogP contribution in [0.5, 0.6) is 0 Å². The Balaban J connectivity index is 2.00. The topological polar surface area (TPSA) is 28.7 Å².